The van der Waals surface area contributed by atoms with Crippen LogP contribution in [0.15, 0.2) is 30.6 Å². The van der Waals surface area contributed by atoms with Crippen molar-refractivity contribution in [3.05, 3.63) is 36.2 Å². The third-order valence-electron chi connectivity index (χ3n) is 2.47. The third-order valence-corrected chi connectivity index (χ3v) is 2.47. The lowest BCUT2D eigenvalue weighted by molar-refractivity contribution is -0.133. The molecule has 0 saturated heterocycles. The van der Waals surface area contributed by atoms with E-state index in [4.69, 9.17) is 0 Å². The number of rotatable bonds is 3. The maximum atomic E-state index is 11.6. The zero-order valence-electron chi connectivity index (χ0n) is 10.3. The molecule has 7 heteroatoms. The van der Waals surface area contributed by atoms with E-state index in [0.29, 0.717) is 5.69 Å². The fraction of sp³-hybridized carbons (Fsp3) is 0.167. The summed E-state index contributed by atoms with van der Waals surface area (Å²) in [7, 11) is 0. The third kappa shape index (κ3) is 3.38. The number of carbonyl (C=O) groups is 2. The number of aromatic nitrogens is 3. The molecule has 0 radical (unpaired) electrons. The molecule has 7 nitrogen and oxygen atoms in total. The summed E-state index contributed by atoms with van der Waals surface area (Å²) < 4.78 is 0. The number of benzene rings is 1. The van der Waals surface area contributed by atoms with Crippen LogP contribution >= 0.6 is 0 Å². The fourth-order valence-electron chi connectivity index (χ4n) is 1.44. The Morgan fingerprint density at radius 3 is 2.42 bits per heavy atom. The second-order valence-corrected chi connectivity index (χ2v) is 3.79. The Hall–Kier alpha value is -2.70. The molecule has 0 aliphatic carbocycles. The van der Waals surface area contributed by atoms with Crippen molar-refractivity contribution in [1.82, 2.24) is 15.2 Å². The van der Waals surface area contributed by atoms with Crippen LogP contribution < -0.4 is 10.6 Å². The lowest BCUT2D eigenvalue weighted by atomic mass is 10.1. The normalized spacial score (nSPS) is 9.95. The van der Waals surface area contributed by atoms with Crippen LogP contribution in [0.1, 0.15) is 12.5 Å². The van der Waals surface area contributed by atoms with Crippen LogP contribution in [-0.2, 0) is 16.0 Å². The number of nitrogens with zero attached hydrogens (tertiary/aromatic N) is 2. The van der Waals surface area contributed by atoms with Crippen LogP contribution in [0.4, 0.5) is 11.6 Å². The molecule has 3 N–H and O–H groups in total. The SMILES string of the molecule is CCc1ccc(NC(=O)C(=O)Nc2ncn[nH]2)cc1. The van der Waals surface area contributed by atoms with Crippen LogP contribution in [0.2, 0.25) is 0 Å². The van der Waals surface area contributed by atoms with Crippen LogP contribution in [0.25, 0.3) is 0 Å². The number of aromatic amines is 1. The first-order valence-corrected chi connectivity index (χ1v) is 5.75. The Morgan fingerprint density at radius 1 is 1.16 bits per heavy atom. The molecule has 0 aliphatic rings. The Morgan fingerprint density at radius 2 is 1.84 bits per heavy atom. The van der Waals surface area contributed by atoms with E-state index in [1.807, 2.05) is 19.1 Å². The molecule has 0 spiro atoms. The smallest absolute Gasteiger partial charge is 0.316 e. The minimum atomic E-state index is -0.809. The van der Waals surface area contributed by atoms with Gasteiger partial charge in [-0.05, 0) is 24.1 Å². The topological polar surface area (TPSA) is 99.8 Å². The van der Waals surface area contributed by atoms with Gasteiger partial charge >= 0.3 is 11.8 Å². The Balaban J connectivity index is 1.94. The first-order chi connectivity index (χ1) is 9.19. The highest BCUT2D eigenvalue weighted by Gasteiger charge is 2.14. The van der Waals surface area contributed by atoms with Gasteiger partial charge in [0, 0.05) is 5.69 Å². The molecular weight excluding hydrogens is 246 g/mol. The average Bonchev–Trinajstić information content (AvgIpc) is 2.92. The van der Waals surface area contributed by atoms with Crippen molar-refractivity contribution < 1.29 is 9.59 Å². The number of carbonyl (C=O) groups excluding carboxylic acids is 2. The van der Waals surface area contributed by atoms with Gasteiger partial charge in [0.15, 0.2) is 0 Å². The molecule has 19 heavy (non-hydrogen) atoms. The second kappa shape index (κ2) is 5.76. The lowest BCUT2D eigenvalue weighted by Gasteiger charge is -2.05. The van der Waals surface area contributed by atoms with Gasteiger partial charge in [-0.3, -0.25) is 14.9 Å². The molecule has 98 valence electrons. The molecule has 0 unspecified atom stereocenters. The molecule has 2 amide bonds. The van der Waals surface area contributed by atoms with E-state index in [-0.39, 0.29) is 5.95 Å². The van der Waals surface area contributed by atoms with Gasteiger partial charge in [-0.2, -0.15) is 10.1 Å². The summed E-state index contributed by atoms with van der Waals surface area (Å²) >= 11 is 0. The predicted octanol–water partition coefficient (Wildman–Crippen LogP) is 0.944. The molecule has 2 rings (SSSR count). The summed E-state index contributed by atoms with van der Waals surface area (Å²) in [6, 6.07) is 7.28. The quantitative estimate of drug-likeness (QED) is 0.714. The first kappa shape index (κ1) is 12.7. The zero-order valence-corrected chi connectivity index (χ0v) is 10.3. The lowest BCUT2D eigenvalue weighted by Crippen LogP contribution is -2.29. The molecule has 0 bridgehead atoms. The van der Waals surface area contributed by atoms with Gasteiger partial charge in [-0.15, -0.1) is 0 Å². The molecule has 1 aromatic carbocycles. The Bertz CT molecular complexity index is 562. The van der Waals surface area contributed by atoms with Gasteiger partial charge in [-0.25, -0.2) is 5.10 Å². The van der Waals surface area contributed by atoms with Gasteiger partial charge in [-0.1, -0.05) is 19.1 Å². The number of anilines is 2. The van der Waals surface area contributed by atoms with Crippen LogP contribution in [0.5, 0.6) is 0 Å². The standard InChI is InChI=1S/C12H13N5O2/c1-2-8-3-5-9(6-4-8)15-10(18)11(19)16-12-13-7-14-17-12/h3-7H,2H2,1H3,(H,15,18)(H2,13,14,16,17,19). The molecular formula is C12H13N5O2. The summed E-state index contributed by atoms with van der Waals surface area (Å²) in [6.45, 7) is 2.04. The number of hydrogen-bond donors (Lipinski definition) is 3. The van der Waals surface area contributed by atoms with E-state index in [0.717, 1.165) is 12.0 Å². The van der Waals surface area contributed by atoms with Crippen LogP contribution in [0, 0.1) is 0 Å². The molecule has 0 aliphatic heterocycles. The summed E-state index contributed by atoms with van der Waals surface area (Å²) in [5.41, 5.74) is 1.72. The summed E-state index contributed by atoms with van der Waals surface area (Å²) in [5.74, 6) is -1.45. The molecule has 1 heterocycles. The summed E-state index contributed by atoms with van der Waals surface area (Å²) in [6.07, 6.45) is 2.15. The highest BCUT2D eigenvalue weighted by Crippen LogP contribution is 2.09. The van der Waals surface area contributed by atoms with Gasteiger partial charge in [0.05, 0.1) is 0 Å². The molecule has 0 saturated carbocycles. The van der Waals surface area contributed by atoms with Gasteiger partial charge in [0.2, 0.25) is 5.95 Å². The van der Waals surface area contributed by atoms with Gasteiger partial charge in [0.25, 0.3) is 0 Å². The fourth-order valence-corrected chi connectivity index (χ4v) is 1.44. The van der Waals surface area contributed by atoms with E-state index >= 15 is 0 Å². The maximum Gasteiger partial charge on any atom is 0.316 e. The van der Waals surface area contributed by atoms with Crippen molar-refractivity contribution >= 4 is 23.5 Å². The van der Waals surface area contributed by atoms with Gasteiger partial charge in [0.1, 0.15) is 6.33 Å². The largest absolute Gasteiger partial charge is 0.318 e. The van der Waals surface area contributed by atoms with E-state index in [2.05, 4.69) is 25.8 Å². The number of hydrogen-bond acceptors (Lipinski definition) is 4. The highest BCUT2D eigenvalue weighted by atomic mass is 16.2. The Kier molecular flexibility index (Phi) is 3.87. The number of amides is 2. The molecule has 1 aromatic heterocycles. The van der Waals surface area contributed by atoms with Crippen molar-refractivity contribution in [3.63, 3.8) is 0 Å². The zero-order chi connectivity index (χ0) is 13.7. The van der Waals surface area contributed by atoms with Crippen molar-refractivity contribution in [2.24, 2.45) is 0 Å². The number of nitrogens with one attached hydrogen (secondary N) is 3. The van der Waals surface area contributed by atoms with Crippen molar-refractivity contribution in [2.45, 2.75) is 13.3 Å². The number of aryl methyl sites for hydroxylation is 1. The van der Waals surface area contributed by atoms with E-state index < -0.39 is 11.8 Å². The van der Waals surface area contributed by atoms with Crippen molar-refractivity contribution in [1.29, 1.82) is 0 Å². The predicted molar refractivity (Wildman–Crippen MR) is 69.5 cm³/mol. The van der Waals surface area contributed by atoms with Crippen LogP contribution in [0.3, 0.4) is 0 Å². The molecule has 2 aromatic rings. The maximum absolute atomic E-state index is 11.6. The number of H-pyrrole nitrogens is 1. The average molecular weight is 259 g/mol. The summed E-state index contributed by atoms with van der Waals surface area (Å²) in [4.78, 5) is 26.8. The first-order valence-electron chi connectivity index (χ1n) is 5.75. The van der Waals surface area contributed by atoms with E-state index in [9.17, 15) is 9.59 Å². The minimum absolute atomic E-state index is 0.126. The van der Waals surface area contributed by atoms with E-state index in [1.54, 1.807) is 12.1 Å². The summed E-state index contributed by atoms with van der Waals surface area (Å²) in [5, 5.41) is 10.8. The second-order valence-electron chi connectivity index (χ2n) is 3.79. The van der Waals surface area contributed by atoms with Crippen molar-refractivity contribution in [3.8, 4) is 0 Å². The Labute approximate surface area is 109 Å². The van der Waals surface area contributed by atoms with Crippen molar-refractivity contribution in [2.75, 3.05) is 10.6 Å². The van der Waals surface area contributed by atoms with E-state index in [1.165, 1.54) is 6.33 Å². The van der Waals surface area contributed by atoms with Gasteiger partial charge < -0.3 is 5.32 Å². The minimum Gasteiger partial charge on any atom is -0.318 e. The molecule has 0 fully saturated rings. The highest BCUT2D eigenvalue weighted by molar-refractivity contribution is 6.43. The molecule has 0 atom stereocenters. The monoisotopic (exact) mass is 259 g/mol. The van der Waals surface area contributed by atoms with Crippen LogP contribution in [-0.4, -0.2) is 27.0 Å².